The van der Waals surface area contributed by atoms with Gasteiger partial charge in [0.15, 0.2) is 0 Å². The van der Waals surface area contributed by atoms with Crippen LogP contribution in [0.25, 0.3) is 0 Å². The maximum Gasteiger partial charge on any atom is 0.488 e. The molecule has 0 saturated heterocycles. The third kappa shape index (κ3) is 4.82. The first-order chi connectivity index (χ1) is 10.1. The number of ether oxygens (including phenoxy) is 1. The van der Waals surface area contributed by atoms with Crippen molar-refractivity contribution in [1.29, 1.82) is 0 Å². The van der Waals surface area contributed by atoms with Crippen LogP contribution in [-0.2, 0) is 6.54 Å². The smallest absolute Gasteiger partial charge is 0.488 e. The zero-order valence-electron chi connectivity index (χ0n) is 12.2. The van der Waals surface area contributed by atoms with E-state index in [1.807, 2.05) is 19.5 Å². The summed E-state index contributed by atoms with van der Waals surface area (Å²) in [6.45, 7) is 4.19. The van der Waals surface area contributed by atoms with Crippen molar-refractivity contribution in [2.45, 2.75) is 13.5 Å². The molecule has 2 aromatic rings. The minimum Gasteiger partial charge on any atom is -0.492 e. The van der Waals surface area contributed by atoms with Gasteiger partial charge < -0.3 is 14.8 Å². The predicted molar refractivity (Wildman–Crippen MR) is 84.9 cm³/mol. The number of aryl methyl sites for hydroxylation is 1. The molecule has 0 radical (unpaired) electrons. The molecule has 0 aliphatic carbocycles. The second-order valence-electron chi connectivity index (χ2n) is 4.89. The van der Waals surface area contributed by atoms with Crippen LogP contribution in [0.2, 0.25) is 0 Å². The predicted octanol–water partition coefficient (Wildman–Crippen LogP) is 0.642. The molecule has 0 fully saturated rings. The van der Waals surface area contributed by atoms with Gasteiger partial charge in [0.05, 0.1) is 11.2 Å². The van der Waals surface area contributed by atoms with Crippen LogP contribution in [0.15, 0.2) is 29.8 Å². The summed E-state index contributed by atoms with van der Waals surface area (Å²) in [6, 6.07) is 6.84. The molecule has 0 unspecified atom stereocenters. The maximum absolute atomic E-state index is 9.12. The van der Waals surface area contributed by atoms with E-state index in [0.29, 0.717) is 17.8 Å². The van der Waals surface area contributed by atoms with Crippen molar-refractivity contribution >= 4 is 23.9 Å². The van der Waals surface area contributed by atoms with Gasteiger partial charge in [-0.15, -0.1) is 11.3 Å². The van der Waals surface area contributed by atoms with E-state index < -0.39 is 7.12 Å². The molecule has 0 saturated carbocycles. The van der Waals surface area contributed by atoms with Gasteiger partial charge in [-0.2, -0.15) is 0 Å². The fourth-order valence-electron chi connectivity index (χ4n) is 1.89. The Morgan fingerprint density at radius 3 is 2.86 bits per heavy atom. The number of thiazole rings is 1. The SMILES string of the molecule is Cc1ncsc1CN(C)CCOc1cccc(B(O)O)c1. The average molecular weight is 306 g/mol. The van der Waals surface area contributed by atoms with E-state index in [1.165, 1.54) is 4.88 Å². The number of likely N-dealkylation sites (N-methyl/N-ethyl adjacent to an activating group) is 1. The van der Waals surface area contributed by atoms with Gasteiger partial charge in [-0.1, -0.05) is 12.1 Å². The van der Waals surface area contributed by atoms with Gasteiger partial charge in [-0.3, -0.25) is 4.90 Å². The van der Waals surface area contributed by atoms with E-state index in [0.717, 1.165) is 18.8 Å². The van der Waals surface area contributed by atoms with E-state index in [9.17, 15) is 0 Å². The summed E-state index contributed by atoms with van der Waals surface area (Å²) >= 11 is 1.66. The lowest BCUT2D eigenvalue weighted by Gasteiger charge is -2.16. The highest BCUT2D eigenvalue weighted by molar-refractivity contribution is 7.09. The Morgan fingerprint density at radius 1 is 1.38 bits per heavy atom. The molecule has 0 amide bonds. The van der Waals surface area contributed by atoms with Crippen molar-refractivity contribution in [3.8, 4) is 5.75 Å². The van der Waals surface area contributed by atoms with Crippen LogP contribution < -0.4 is 10.2 Å². The van der Waals surface area contributed by atoms with Crippen molar-refractivity contribution in [2.24, 2.45) is 0 Å². The topological polar surface area (TPSA) is 65.8 Å². The molecule has 0 aliphatic heterocycles. The van der Waals surface area contributed by atoms with Crippen LogP contribution in [-0.4, -0.2) is 47.2 Å². The Bertz CT molecular complexity index is 577. The van der Waals surface area contributed by atoms with Gasteiger partial charge in [-0.25, -0.2) is 4.98 Å². The minimum absolute atomic E-state index is 0.432. The Hall–Kier alpha value is -1.41. The Kier molecular flexibility index (Phi) is 5.75. The third-order valence-electron chi connectivity index (χ3n) is 3.16. The molecule has 0 bridgehead atoms. The van der Waals surface area contributed by atoms with Gasteiger partial charge in [0, 0.05) is 18.0 Å². The first-order valence-electron chi connectivity index (χ1n) is 6.72. The largest absolute Gasteiger partial charge is 0.492 e. The number of hydrogen-bond donors (Lipinski definition) is 2. The van der Waals surface area contributed by atoms with Crippen LogP contribution >= 0.6 is 11.3 Å². The summed E-state index contributed by atoms with van der Waals surface area (Å²) in [7, 11) is 0.571. The fraction of sp³-hybridized carbons (Fsp3) is 0.357. The van der Waals surface area contributed by atoms with E-state index in [1.54, 1.807) is 35.6 Å². The van der Waals surface area contributed by atoms with E-state index in [2.05, 4.69) is 9.88 Å². The van der Waals surface area contributed by atoms with Crippen LogP contribution in [0.1, 0.15) is 10.6 Å². The zero-order valence-corrected chi connectivity index (χ0v) is 13.0. The van der Waals surface area contributed by atoms with Gasteiger partial charge in [-0.05, 0) is 31.6 Å². The van der Waals surface area contributed by atoms with Crippen molar-refractivity contribution < 1.29 is 14.8 Å². The third-order valence-corrected chi connectivity index (χ3v) is 4.08. The monoisotopic (exact) mass is 306 g/mol. The Morgan fingerprint density at radius 2 is 2.19 bits per heavy atom. The Labute approximate surface area is 129 Å². The van der Waals surface area contributed by atoms with E-state index >= 15 is 0 Å². The van der Waals surface area contributed by atoms with Crippen molar-refractivity contribution in [1.82, 2.24) is 9.88 Å². The minimum atomic E-state index is -1.47. The van der Waals surface area contributed by atoms with Gasteiger partial charge >= 0.3 is 7.12 Å². The molecule has 7 heteroatoms. The molecular weight excluding hydrogens is 287 g/mol. The molecule has 0 spiro atoms. The summed E-state index contributed by atoms with van der Waals surface area (Å²) < 4.78 is 5.64. The van der Waals surface area contributed by atoms with Crippen molar-refractivity contribution in [3.63, 3.8) is 0 Å². The molecule has 1 aromatic carbocycles. The summed E-state index contributed by atoms with van der Waals surface area (Å²) in [5.41, 5.74) is 3.37. The lowest BCUT2D eigenvalue weighted by molar-refractivity contribution is 0.233. The van der Waals surface area contributed by atoms with Crippen molar-refractivity contribution in [3.05, 3.63) is 40.3 Å². The highest BCUT2D eigenvalue weighted by Crippen LogP contribution is 2.14. The second kappa shape index (κ2) is 7.56. The highest BCUT2D eigenvalue weighted by Gasteiger charge is 2.11. The fourth-order valence-corrected chi connectivity index (χ4v) is 2.74. The molecule has 21 heavy (non-hydrogen) atoms. The molecule has 2 N–H and O–H groups in total. The van der Waals surface area contributed by atoms with Gasteiger partial charge in [0.1, 0.15) is 12.4 Å². The van der Waals surface area contributed by atoms with E-state index in [-0.39, 0.29) is 0 Å². The number of aromatic nitrogens is 1. The lowest BCUT2D eigenvalue weighted by atomic mass is 9.80. The second-order valence-corrected chi connectivity index (χ2v) is 5.83. The molecule has 1 aromatic heterocycles. The standard InChI is InChI=1S/C14H19BN2O3S/c1-11-14(21-10-16-11)9-17(2)6-7-20-13-5-3-4-12(8-13)15(18)19/h3-5,8,10,18-19H,6-7,9H2,1-2H3. The average Bonchev–Trinajstić information content (AvgIpc) is 2.84. The lowest BCUT2D eigenvalue weighted by Crippen LogP contribution is -2.29. The Balaban J connectivity index is 1.78. The van der Waals surface area contributed by atoms with Crippen LogP contribution in [0.4, 0.5) is 0 Å². The quantitative estimate of drug-likeness (QED) is 0.735. The van der Waals surface area contributed by atoms with Crippen LogP contribution in [0.5, 0.6) is 5.75 Å². The van der Waals surface area contributed by atoms with Gasteiger partial charge in [0.25, 0.3) is 0 Å². The van der Waals surface area contributed by atoms with Crippen molar-refractivity contribution in [2.75, 3.05) is 20.2 Å². The number of rotatable bonds is 7. The summed E-state index contributed by atoms with van der Waals surface area (Å²) in [5, 5.41) is 18.2. The first-order valence-corrected chi connectivity index (χ1v) is 7.60. The molecular formula is C14H19BN2O3S. The number of nitrogens with zero attached hydrogens (tertiary/aromatic N) is 2. The van der Waals surface area contributed by atoms with Crippen LogP contribution in [0.3, 0.4) is 0 Å². The number of hydrogen-bond acceptors (Lipinski definition) is 6. The van der Waals surface area contributed by atoms with E-state index in [4.69, 9.17) is 14.8 Å². The zero-order chi connectivity index (χ0) is 15.2. The molecule has 1 heterocycles. The molecule has 0 aliphatic rings. The maximum atomic E-state index is 9.12. The van der Waals surface area contributed by atoms with Crippen LogP contribution in [0, 0.1) is 6.92 Å². The summed E-state index contributed by atoms with van der Waals surface area (Å²) in [4.78, 5) is 7.68. The highest BCUT2D eigenvalue weighted by atomic mass is 32.1. The normalized spacial score (nSPS) is 10.9. The van der Waals surface area contributed by atoms with Gasteiger partial charge in [0.2, 0.25) is 0 Å². The molecule has 112 valence electrons. The first kappa shape index (κ1) is 16.0. The molecule has 0 atom stereocenters. The number of benzene rings is 1. The summed E-state index contributed by atoms with van der Waals surface area (Å²) in [6.07, 6.45) is 0. The molecule has 5 nitrogen and oxygen atoms in total. The molecule has 2 rings (SSSR count). The summed E-state index contributed by atoms with van der Waals surface area (Å²) in [5.74, 6) is 0.642.